The summed E-state index contributed by atoms with van der Waals surface area (Å²) in [7, 11) is 0. The van der Waals surface area contributed by atoms with E-state index >= 15 is 0 Å². The molecule has 1 aliphatic rings. The van der Waals surface area contributed by atoms with Gasteiger partial charge < -0.3 is 10.6 Å². The Hall–Kier alpha value is -1.59. The zero-order valence-electron chi connectivity index (χ0n) is 11.0. The lowest BCUT2D eigenvalue weighted by atomic mass is 9.89. The quantitative estimate of drug-likeness (QED) is 0.829. The number of nitrogen functional groups attached to an aromatic ring is 1. The first kappa shape index (κ1) is 12.9. The molecule has 1 saturated heterocycles. The average Bonchev–Trinajstić information content (AvgIpc) is 2.63. The SMILES string of the molecule is CC(C)C1CCCN(C(=O)c2nc(N)n[nH]2)CC1. The van der Waals surface area contributed by atoms with Gasteiger partial charge in [0, 0.05) is 13.1 Å². The second-order valence-corrected chi connectivity index (χ2v) is 5.27. The number of hydrogen-bond donors (Lipinski definition) is 2. The maximum Gasteiger partial charge on any atom is 0.291 e. The number of H-pyrrole nitrogens is 1. The normalized spacial score (nSPS) is 21.1. The van der Waals surface area contributed by atoms with Crippen LogP contribution in [-0.2, 0) is 0 Å². The summed E-state index contributed by atoms with van der Waals surface area (Å²) in [5, 5.41) is 6.27. The molecular formula is C12H21N5O. The summed E-state index contributed by atoms with van der Waals surface area (Å²) >= 11 is 0. The van der Waals surface area contributed by atoms with Gasteiger partial charge in [0.1, 0.15) is 0 Å². The summed E-state index contributed by atoms with van der Waals surface area (Å²) in [5.74, 6) is 1.66. The van der Waals surface area contributed by atoms with Crippen LogP contribution in [0.3, 0.4) is 0 Å². The highest BCUT2D eigenvalue weighted by Gasteiger charge is 2.24. The van der Waals surface area contributed by atoms with E-state index < -0.39 is 0 Å². The van der Waals surface area contributed by atoms with Crippen molar-refractivity contribution in [3.8, 4) is 0 Å². The van der Waals surface area contributed by atoms with Gasteiger partial charge in [-0.3, -0.25) is 9.89 Å². The van der Waals surface area contributed by atoms with Crippen molar-refractivity contribution < 1.29 is 4.79 Å². The molecule has 6 heteroatoms. The lowest BCUT2D eigenvalue weighted by Crippen LogP contribution is -2.33. The first-order valence-electron chi connectivity index (χ1n) is 6.55. The molecule has 3 N–H and O–H groups in total. The fraction of sp³-hybridized carbons (Fsp3) is 0.750. The Morgan fingerprint density at radius 1 is 1.44 bits per heavy atom. The van der Waals surface area contributed by atoms with E-state index in [9.17, 15) is 4.79 Å². The number of likely N-dealkylation sites (tertiary alicyclic amines) is 1. The topological polar surface area (TPSA) is 87.9 Å². The average molecular weight is 251 g/mol. The van der Waals surface area contributed by atoms with Crippen LogP contribution < -0.4 is 5.73 Å². The van der Waals surface area contributed by atoms with Gasteiger partial charge in [0.05, 0.1) is 0 Å². The largest absolute Gasteiger partial charge is 0.366 e. The van der Waals surface area contributed by atoms with Gasteiger partial charge in [0.15, 0.2) is 0 Å². The Kier molecular flexibility index (Phi) is 3.84. The number of nitrogens with two attached hydrogens (primary N) is 1. The van der Waals surface area contributed by atoms with Crippen LogP contribution in [0.1, 0.15) is 43.7 Å². The van der Waals surface area contributed by atoms with E-state index in [2.05, 4.69) is 29.0 Å². The predicted octanol–water partition coefficient (Wildman–Crippen LogP) is 1.29. The molecule has 0 radical (unpaired) electrons. The molecule has 0 bridgehead atoms. The van der Waals surface area contributed by atoms with Crippen molar-refractivity contribution in [3.05, 3.63) is 5.82 Å². The molecule has 1 aromatic heterocycles. The lowest BCUT2D eigenvalue weighted by molar-refractivity contribution is 0.0747. The molecule has 1 aromatic rings. The van der Waals surface area contributed by atoms with E-state index in [4.69, 9.17) is 5.73 Å². The summed E-state index contributed by atoms with van der Waals surface area (Å²) < 4.78 is 0. The smallest absolute Gasteiger partial charge is 0.291 e. The van der Waals surface area contributed by atoms with Crippen molar-refractivity contribution in [3.63, 3.8) is 0 Å². The third kappa shape index (κ3) is 2.80. The third-order valence-electron chi connectivity index (χ3n) is 3.71. The highest BCUT2D eigenvalue weighted by molar-refractivity contribution is 5.90. The Balaban J connectivity index is 1.99. The second kappa shape index (κ2) is 5.37. The molecule has 0 aromatic carbocycles. The highest BCUT2D eigenvalue weighted by Crippen LogP contribution is 2.24. The standard InChI is InChI=1S/C12H21N5O/c1-8(2)9-4-3-6-17(7-5-9)11(18)10-14-12(13)16-15-10/h8-9H,3-7H2,1-2H3,(H3,13,14,15,16). The molecule has 0 aliphatic carbocycles. The van der Waals surface area contributed by atoms with Crippen LogP contribution in [0.4, 0.5) is 5.95 Å². The van der Waals surface area contributed by atoms with Gasteiger partial charge in [-0.1, -0.05) is 13.8 Å². The number of anilines is 1. The highest BCUT2D eigenvalue weighted by atomic mass is 16.2. The Morgan fingerprint density at radius 2 is 2.22 bits per heavy atom. The molecule has 1 atom stereocenters. The molecular weight excluding hydrogens is 230 g/mol. The van der Waals surface area contributed by atoms with Gasteiger partial charge in [-0.05, 0) is 31.1 Å². The summed E-state index contributed by atoms with van der Waals surface area (Å²) in [5.41, 5.74) is 5.41. The van der Waals surface area contributed by atoms with E-state index in [1.807, 2.05) is 4.90 Å². The van der Waals surface area contributed by atoms with Crippen LogP contribution in [-0.4, -0.2) is 39.1 Å². The fourth-order valence-corrected chi connectivity index (χ4v) is 2.51. The Morgan fingerprint density at radius 3 is 2.83 bits per heavy atom. The van der Waals surface area contributed by atoms with Crippen molar-refractivity contribution in [2.75, 3.05) is 18.8 Å². The minimum Gasteiger partial charge on any atom is -0.366 e. The van der Waals surface area contributed by atoms with Crippen LogP contribution in [0, 0.1) is 11.8 Å². The van der Waals surface area contributed by atoms with Gasteiger partial charge >= 0.3 is 0 Å². The predicted molar refractivity (Wildman–Crippen MR) is 68.9 cm³/mol. The fourth-order valence-electron chi connectivity index (χ4n) is 2.51. The van der Waals surface area contributed by atoms with Crippen molar-refractivity contribution >= 4 is 11.9 Å². The monoisotopic (exact) mass is 251 g/mol. The van der Waals surface area contributed by atoms with E-state index in [1.54, 1.807) is 0 Å². The number of carbonyl (C=O) groups is 1. The first-order chi connectivity index (χ1) is 8.58. The molecule has 2 rings (SSSR count). The summed E-state index contributed by atoms with van der Waals surface area (Å²) in [6.07, 6.45) is 3.31. The van der Waals surface area contributed by atoms with Crippen LogP contribution in [0.25, 0.3) is 0 Å². The van der Waals surface area contributed by atoms with Gasteiger partial charge in [-0.25, -0.2) is 0 Å². The molecule has 1 fully saturated rings. The molecule has 18 heavy (non-hydrogen) atoms. The van der Waals surface area contributed by atoms with Crippen LogP contribution in [0.15, 0.2) is 0 Å². The van der Waals surface area contributed by atoms with E-state index in [1.165, 1.54) is 6.42 Å². The van der Waals surface area contributed by atoms with Crippen LogP contribution in [0.5, 0.6) is 0 Å². The van der Waals surface area contributed by atoms with E-state index in [0.29, 0.717) is 11.8 Å². The zero-order chi connectivity index (χ0) is 13.1. The third-order valence-corrected chi connectivity index (χ3v) is 3.71. The maximum atomic E-state index is 12.2. The number of amides is 1. The summed E-state index contributed by atoms with van der Waals surface area (Å²) in [6, 6.07) is 0. The molecule has 100 valence electrons. The first-order valence-corrected chi connectivity index (χ1v) is 6.55. The summed E-state index contributed by atoms with van der Waals surface area (Å²) in [4.78, 5) is 17.9. The zero-order valence-corrected chi connectivity index (χ0v) is 11.0. The Labute approximate surface area is 107 Å². The van der Waals surface area contributed by atoms with Crippen molar-refractivity contribution in [1.82, 2.24) is 20.1 Å². The summed E-state index contributed by atoms with van der Waals surface area (Å²) in [6.45, 7) is 6.09. The number of aromatic amines is 1. The number of hydrogen-bond acceptors (Lipinski definition) is 4. The number of rotatable bonds is 2. The van der Waals surface area contributed by atoms with Crippen LogP contribution >= 0.6 is 0 Å². The molecule has 1 amide bonds. The molecule has 0 spiro atoms. The molecule has 1 aliphatic heterocycles. The molecule has 2 heterocycles. The van der Waals surface area contributed by atoms with Gasteiger partial charge in [-0.2, -0.15) is 4.98 Å². The van der Waals surface area contributed by atoms with Crippen LogP contribution in [0.2, 0.25) is 0 Å². The van der Waals surface area contributed by atoms with Gasteiger partial charge in [0.25, 0.3) is 5.91 Å². The van der Waals surface area contributed by atoms with Crippen molar-refractivity contribution in [1.29, 1.82) is 0 Å². The number of nitrogens with one attached hydrogen (secondary N) is 1. The lowest BCUT2D eigenvalue weighted by Gasteiger charge is -2.20. The van der Waals surface area contributed by atoms with Crippen molar-refractivity contribution in [2.45, 2.75) is 33.1 Å². The van der Waals surface area contributed by atoms with Gasteiger partial charge in [0.2, 0.25) is 11.8 Å². The molecule has 1 unspecified atom stereocenters. The van der Waals surface area contributed by atoms with E-state index in [0.717, 1.165) is 25.9 Å². The second-order valence-electron chi connectivity index (χ2n) is 5.27. The van der Waals surface area contributed by atoms with Crippen molar-refractivity contribution in [2.24, 2.45) is 11.8 Å². The maximum absolute atomic E-state index is 12.2. The molecule has 0 saturated carbocycles. The number of aromatic nitrogens is 3. The van der Waals surface area contributed by atoms with E-state index in [-0.39, 0.29) is 17.7 Å². The van der Waals surface area contributed by atoms with Gasteiger partial charge in [-0.15, -0.1) is 5.10 Å². The number of carbonyl (C=O) groups excluding carboxylic acids is 1. The minimum absolute atomic E-state index is 0.0939. The number of nitrogens with zero attached hydrogens (tertiary/aromatic N) is 3. The Bertz CT molecular complexity index is 414. The molecule has 6 nitrogen and oxygen atoms in total. The minimum atomic E-state index is -0.0939.